The smallest absolute Gasteiger partial charge is 0.119 e. The number of nitrogens with one attached hydrogen (secondary N) is 1. The first-order chi connectivity index (χ1) is 8.11. The molecule has 0 aliphatic heterocycles. The molecule has 0 bridgehead atoms. The molecular weight excluding hydrogens is 210 g/mol. The van der Waals surface area contributed by atoms with Crippen LogP contribution in [0.25, 0.3) is 0 Å². The zero-order valence-corrected chi connectivity index (χ0v) is 11.1. The molecule has 1 N–H and O–H groups in total. The Kier molecular flexibility index (Phi) is 5.78. The summed E-state index contributed by atoms with van der Waals surface area (Å²) < 4.78 is 5.66. The molecule has 17 heavy (non-hydrogen) atoms. The maximum atomic E-state index is 5.66. The summed E-state index contributed by atoms with van der Waals surface area (Å²) in [4.78, 5) is 0. The minimum Gasteiger partial charge on any atom is -0.489 e. The van der Waals surface area contributed by atoms with Gasteiger partial charge in [0.15, 0.2) is 0 Å². The van der Waals surface area contributed by atoms with Crippen molar-refractivity contribution in [3.05, 3.63) is 42.0 Å². The predicted molar refractivity (Wildman–Crippen MR) is 73.6 cm³/mol. The summed E-state index contributed by atoms with van der Waals surface area (Å²) in [5, 5.41) is 3.32. The Morgan fingerprint density at radius 1 is 1.29 bits per heavy atom. The predicted octanol–water partition coefficient (Wildman–Crippen LogP) is 3.18. The topological polar surface area (TPSA) is 21.3 Å². The number of ether oxygens (including phenoxy) is 1. The van der Waals surface area contributed by atoms with Gasteiger partial charge in [-0.05, 0) is 29.7 Å². The van der Waals surface area contributed by atoms with Gasteiger partial charge in [-0.3, -0.25) is 0 Å². The second-order valence-corrected chi connectivity index (χ2v) is 4.57. The van der Waals surface area contributed by atoms with Crippen molar-refractivity contribution in [2.45, 2.75) is 33.2 Å². The van der Waals surface area contributed by atoms with Crippen molar-refractivity contribution in [3.8, 4) is 5.75 Å². The lowest BCUT2D eigenvalue weighted by molar-refractivity contribution is 0.347. The van der Waals surface area contributed by atoms with E-state index in [4.69, 9.17) is 4.74 Å². The summed E-state index contributed by atoms with van der Waals surface area (Å²) >= 11 is 0. The van der Waals surface area contributed by atoms with E-state index in [1.807, 2.05) is 12.1 Å². The van der Waals surface area contributed by atoms with Crippen molar-refractivity contribution in [1.82, 2.24) is 5.32 Å². The molecule has 0 saturated heterocycles. The molecule has 0 aliphatic carbocycles. The van der Waals surface area contributed by atoms with Gasteiger partial charge >= 0.3 is 0 Å². The van der Waals surface area contributed by atoms with Crippen LogP contribution in [0.2, 0.25) is 0 Å². The van der Waals surface area contributed by atoms with E-state index in [1.54, 1.807) is 0 Å². The Morgan fingerprint density at radius 3 is 2.47 bits per heavy atom. The summed E-state index contributed by atoms with van der Waals surface area (Å²) in [5.41, 5.74) is 2.40. The van der Waals surface area contributed by atoms with Gasteiger partial charge in [0.05, 0.1) is 0 Å². The highest BCUT2D eigenvalue weighted by molar-refractivity contribution is 5.27. The van der Waals surface area contributed by atoms with Crippen LogP contribution < -0.4 is 10.1 Å². The highest BCUT2D eigenvalue weighted by atomic mass is 16.5. The van der Waals surface area contributed by atoms with E-state index in [2.05, 4.69) is 44.8 Å². The van der Waals surface area contributed by atoms with E-state index >= 15 is 0 Å². The minimum absolute atomic E-state index is 0.482. The van der Waals surface area contributed by atoms with Gasteiger partial charge in [0.25, 0.3) is 0 Å². The largest absolute Gasteiger partial charge is 0.489 e. The van der Waals surface area contributed by atoms with Gasteiger partial charge in [0, 0.05) is 12.6 Å². The molecule has 2 nitrogen and oxygen atoms in total. The van der Waals surface area contributed by atoms with Crippen molar-refractivity contribution in [2.24, 2.45) is 0 Å². The van der Waals surface area contributed by atoms with Crippen LogP contribution >= 0.6 is 0 Å². The standard InChI is InChI=1S/C15H23NO/c1-5-14-6-8-15(9-7-14)17-11-13(4)10-16-12(2)3/h6-9,12,16H,4-5,10-11H2,1-3H3. The van der Waals surface area contributed by atoms with Crippen LogP contribution in [0.5, 0.6) is 5.75 Å². The molecule has 2 heteroatoms. The Morgan fingerprint density at radius 2 is 1.94 bits per heavy atom. The van der Waals surface area contributed by atoms with Gasteiger partial charge < -0.3 is 10.1 Å². The fraction of sp³-hybridized carbons (Fsp3) is 0.467. The first-order valence-corrected chi connectivity index (χ1v) is 6.23. The molecule has 0 aromatic heterocycles. The first-order valence-electron chi connectivity index (χ1n) is 6.23. The molecular formula is C15H23NO. The van der Waals surface area contributed by atoms with Crippen LogP contribution in [0, 0.1) is 0 Å². The number of aryl methyl sites for hydroxylation is 1. The number of benzene rings is 1. The van der Waals surface area contributed by atoms with Crippen molar-refractivity contribution in [2.75, 3.05) is 13.2 Å². The van der Waals surface area contributed by atoms with E-state index in [9.17, 15) is 0 Å². The van der Waals surface area contributed by atoms with Gasteiger partial charge in [-0.2, -0.15) is 0 Å². The summed E-state index contributed by atoms with van der Waals surface area (Å²) in [6.07, 6.45) is 1.06. The van der Waals surface area contributed by atoms with Crippen LogP contribution in [0.15, 0.2) is 36.4 Å². The molecule has 0 fully saturated rings. The van der Waals surface area contributed by atoms with E-state index in [1.165, 1.54) is 5.56 Å². The molecule has 0 radical (unpaired) electrons. The fourth-order valence-electron chi connectivity index (χ4n) is 1.41. The third-order valence-corrected chi connectivity index (χ3v) is 2.53. The van der Waals surface area contributed by atoms with Crippen LogP contribution in [-0.4, -0.2) is 19.2 Å². The summed E-state index contributed by atoms with van der Waals surface area (Å²) in [5.74, 6) is 0.910. The maximum absolute atomic E-state index is 5.66. The molecule has 0 saturated carbocycles. The Labute approximate surface area is 105 Å². The summed E-state index contributed by atoms with van der Waals surface area (Å²) in [6.45, 7) is 11.8. The lowest BCUT2D eigenvalue weighted by Gasteiger charge is -2.12. The Bertz CT molecular complexity index is 340. The zero-order chi connectivity index (χ0) is 12.7. The van der Waals surface area contributed by atoms with E-state index in [0.29, 0.717) is 12.6 Å². The zero-order valence-electron chi connectivity index (χ0n) is 11.1. The van der Waals surface area contributed by atoms with Gasteiger partial charge in [-0.15, -0.1) is 0 Å². The molecule has 1 aromatic rings. The average molecular weight is 233 g/mol. The highest BCUT2D eigenvalue weighted by Crippen LogP contribution is 2.13. The molecule has 1 rings (SSSR count). The molecule has 0 amide bonds. The van der Waals surface area contributed by atoms with Crippen molar-refractivity contribution < 1.29 is 4.74 Å². The fourth-order valence-corrected chi connectivity index (χ4v) is 1.41. The van der Waals surface area contributed by atoms with Crippen molar-refractivity contribution >= 4 is 0 Å². The molecule has 0 atom stereocenters. The molecule has 0 aliphatic rings. The molecule has 0 spiro atoms. The van der Waals surface area contributed by atoms with Gasteiger partial charge in [-0.25, -0.2) is 0 Å². The maximum Gasteiger partial charge on any atom is 0.119 e. The summed E-state index contributed by atoms with van der Waals surface area (Å²) in [6, 6.07) is 8.72. The SMILES string of the molecule is C=C(CNC(C)C)COc1ccc(CC)cc1. The lowest BCUT2D eigenvalue weighted by atomic mass is 10.2. The van der Waals surface area contributed by atoms with E-state index in [-0.39, 0.29) is 0 Å². The first kappa shape index (κ1) is 13.8. The van der Waals surface area contributed by atoms with Crippen LogP contribution in [0.3, 0.4) is 0 Å². The monoisotopic (exact) mass is 233 g/mol. The Hall–Kier alpha value is -1.28. The van der Waals surface area contributed by atoms with Gasteiger partial charge in [-0.1, -0.05) is 39.5 Å². The quantitative estimate of drug-likeness (QED) is 0.730. The van der Waals surface area contributed by atoms with Crippen molar-refractivity contribution in [1.29, 1.82) is 0 Å². The van der Waals surface area contributed by atoms with Crippen molar-refractivity contribution in [3.63, 3.8) is 0 Å². The van der Waals surface area contributed by atoms with Gasteiger partial charge in [0.2, 0.25) is 0 Å². The number of hydrogen-bond acceptors (Lipinski definition) is 2. The average Bonchev–Trinajstić information content (AvgIpc) is 2.34. The van der Waals surface area contributed by atoms with Crippen LogP contribution in [-0.2, 0) is 6.42 Å². The molecule has 0 unspecified atom stereocenters. The second kappa shape index (κ2) is 7.13. The number of rotatable bonds is 7. The number of hydrogen-bond donors (Lipinski definition) is 1. The second-order valence-electron chi connectivity index (χ2n) is 4.57. The van der Waals surface area contributed by atoms with E-state index < -0.39 is 0 Å². The summed E-state index contributed by atoms with van der Waals surface area (Å²) in [7, 11) is 0. The van der Waals surface area contributed by atoms with E-state index in [0.717, 1.165) is 24.3 Å². The third-order valence-electron chi connectivity index (χ3n) is 2.53. The van der Waals surface area contributed by atoms with Gasteiger partial charge in [0.1, 0.15) is 12.4 Å². The third kappa shape index (κ3) is 5.55. The Balaban J connectivity index is 2.31. The molecule has 1 aromatic carbocycles. The lowest BCUT2D eigenvalue weighted by Crippen LogP contribution is -2.26. The normalized spacial score (nSPS) is 10.6. The highest BCUT2D eigenvalue weighted by Gasteiger charge is 1.99. The molecule has 94 valence electrons. The minimum atomic E-state index is 0.482. The van der Waals surface area contributed by atoms with Crippen LogP contribution in [0.4, 0.5) is 0 Å². The van der Waals surface area contributed by atoms with Crippen LogP contribution in [0.1, 0.15) is 26.3 Å². The molecule has 0 heterocycles.